The number of hydrogen-bond acceptors (Lipinski definition) is 5. The summed E-state index contributed by atoms with van der Waals surface area (Å²) in [7, 11) is 0. The number of halogens is 12. The fourth-order valence-corrected chi connectivity index (χ4v) is 2.07. The third-order valence-corrected chi connectivity index (χ3v) is 3.14. The van der Waals surface area contributed by atoms with Gasteiger partial charge in [-0.2, -0.15) is 0 Å². The Hall–Kier alpha value is -2.46. The summed E-state index contributed by atoms with van der Waals surface area (Å²) in [4.78, 5) is 0. The number of alkyl halides is 12. The first-order valence-corrected chi connectivity index (χ1v) is 7.59. The molecule has 0 radical (unpaired) electrons. The molecule has 2 N–H and O–H groups in total. The van der Waals surface area contributed by atoms with Crippen LogP contribution >= 0.6 is 0 Å². The van der Waals surface area contributed by atoms with Gasteiger partial charge in [-0.1, -0.05) is 13.8 Å². The third kappa shape index (κ3) is 8.66. The molecule has 0 fully saturated rings. The maximum absolute atomic E-state index is 12.8. The summed E-state index contributed by atoms with van der Waals surface area (Å²) in [6.07, 6.45) is -23.6. The van der Waals surface area contributed by atoms with Crippen molar-refractivity contribution in [2.75, 3.05) is 0 Å². The van der Waals surface area contributed by atoms with Gasteiger partial charge in [-0.05, 0) is 12.0 Å². The maximum atomic E-state index is 12.8. The first-order valence-electron chi connectivity index (χ1n) is 7.59. The zero-order chi connectivity index (χ0) is 24.6. The van der Waals surface area contributed by atoms with Crippen LogP contribution in [-0.2, 0) is 0 Å². The Kier molecular flexibility index (Phi) is 7.36. The monoisotopic (exact) mass is 485 g/mol. The molecular formula is C14H11F12NO4. The Morgan fingerprint density at radius 1 is 0.613 bits per heavy atom. The van der Waals surface area contributed by atoms with Gasteiger partial charge in [-0.15, -0.1) is 52.7 Å². The van der Waals surface area contributed by atoms with Crippen LogP contribution in [0.1, 0.15) is 25.5 Å². The lowest BCUT2D eigenvalue weighted by Crippen LogP contribution is -2.27. The molecular weight excluding hydrogens is 474 g/mol. The molecule has 5 nitrogen and oxygen atoms in total. The molecule has 0 saturated carbocycles. The molecule has 17 heteroatoms. The van der Waals surface area contributed by atoms with Gasteiger partial charge in [0.05, 0.1) is 0 Å². The quantitative estimate of drug-likeness (QED) is 0.506. The molecule has 1 unspecified atom stereocenters. The number of nitrogens with two attached hydrogens (primary N) is 1. The molecule has 0 bridgehead atoms. The van der Waals surface area contributed by atoms with Crippen molar-refractivity contribution in [1.82, 2.24) is 0 Å². The summed E-state index contributed by atoms with van der Waals surface area (Å²) >= 11 is 0. The lowest BCUT2D eigenvalue weighted by molar-refractivity contribution is -0.297. The smallest absolute Gasteiger partial charge is 0.402 e. The van der Waals surface area contributed by atoms with E-state index in [4.69, 9.17) is 5.73 Å². The van der Waals surface area contributed by atoms with E-state index in [2.05, 4.69) is 18.9 Å². The van der Waals surface area contributed by atoms with Crippen molar-refractivity contribution in [2.24, 2.45) is 11.7 Å². The average Bonchev–Trinajstić information content (AvgIpc) is 2.47. The zero-order valence-corrected chi connectivity index (χ0v) is 15.0. The molecule has 1 atom stereocenters. The normalized spacial score (nSPS) is 14.5. The van der Waals surface area contributed by atoms with E-state index in [0.29, 0.717) is 0 Å². The fraction of sp³-hybridized carbons (Fsp3) is 0.571. The number of hydrogen-bond donors (Lipinski definition) is 1. The second-order valence-corrected chi connectivity index (χ2v) is 5.91. The molecule has 0 heterocycles. The van der Waals surface area contributed by atoms with E-state index >= 15 is 0 Å². The highest BCUT2D eigenvalue weighted by Gasteiger charge is 2.46. The second kappa shape index (κ2) is 8.58. The van der Waals surface area contributed by atoms with Crippen molar-refractivity contribution in [3.05, 3.63) is 11.6 Å². The summed E-state index contributed by atoms with van der Waals surface area (Å²) in [5.41, 5.74) is 4.28. The molecule has 1 rings (SSSR count). The highest BCUT2D eigenvalue weighted by Crippen LogP contribution is 2.54. The molecule has 1 aromatic carbocycles. The molecule has 1 aromatic rings. The molecule has 180 valence electrons. The molecule has 0 spiro atoms. The van der Waals surface area contributed by atoms with Crippen LogP contribution in [0.3, 0.4) is 0 Å². The highest BCUT2D eigenvalue weighted by atomic mass is 19.4. The van der Waals surface area contributed by atoms with E-state index in [1.165, 1.54) is 13.8 Å². The van der Waals surface area contributed by atoms with Crippen molar-refractivity contribution in [2.45, 2.75) is 45.3 Å². The summed E-state index contributed by atoms with van der Waals surface area (Å²) < 4.78 is 165. The molecule has 0 aliphatic carbocycles. The first kappa shape index (κ1) is 26.6. The van der Waals surface area contributed by atoms with Crippen LogP contribution in [-0.4, -0.2) is 25.4 Å². The predicted molar refractivity (Wildman–Crippen MR) is 74.9 cm³/mol. The summed E-state index contributed by atoms with van der Waals surface area (Å²) in [5, 5.41) is 0. The van der Waals surface area contributed by atoms with Gasteiger partial charge in [-0.3, -0.25) is 0 Å². The Morgan fingerprint density at radius 2 is 0.968 bits per heavy atom. The van der Waals surface area contributed by atoms with E-state index in [0.717, 1.165) is 0 Å². The van der Waals surface area contributed by atoms with Crippen molar-refractivity contribution < 1.29 is 71.6 Å². The van der Waals surface area contributed by atoms with E-state index < -0.39 is 66.0 Å². The minimum Gasteiger partial charge on any atom is -0.402 e. The van der Waals surface area contributed by atoms with Gasteiger partial charge >= 0.3 is 25.4 Å². The van der Waals surface area contributed by atoms with Crippen LogP contribution in [0.5, 0.6) is 23.0 Å². The van der Waals surface area contributed by atoms with Gasteiger partial charge in [0.1, 0.15) is 0 Å². The zero-order valence-electron chi connectivity index (χ0n) is 15.0. The minimum absolute atomic E-state index is 0.121. The molecule has 0 amide bonds. The van der Waals surface area contributed by atoms with Gasteiger partial charge in [0.2, 0.25) is 11.5 Å². The van der Waals surface area contributed by atoms with E-state index in [-0.39, 0.29) is 6.07 Å². The van der Waals surface area contributed by atoms with E-state index in [9.17, 15) is 52.7 Å². The fourth-order valence-electron chi connectivity index (χ4n) is 2.07. The molecule has 0 aromatic heterocycles. The van der Waals surface area contributed by atoms with Crippen molar-refractivity contribution >= 4 is 0 Å². The Labute approximate surface area is 164 Å². The summed E-state index contributed by atoms with van der Waals surface area (Å²) in [5.74, 6) is -10.2. The summed E-state index contributed by atoms with van der Waals surface area (Å²) in [6.45, 7) is 2.38. The number of rotatable bonds is 6. The van der Waals surface area contributed by atoms with Gasteiger partial charge < -0.3 is 24.7 Å². The third-order valence-electron chi connectivity index (χ3n) is 3.14. The average molecular weight is 485 g/mol. The standard InChI is InChI=1S/C14H11F12NO4/c1-4(2)7(27)5-3-6(28-11(15,16)17)9(30-13(21,22)23)10(31-14(24,25)26)8(5)29-12(18,19)20/h3-4,7H,27H2,1-2H3. The predicted octanol–water partition coefficient (Wildman–Crippen LogP) is 5.94. The Bertz CT molecular complexity index is 767. The van der Waals surface area contributed by atoms with Gasteiger partial charge in [-0.25, -0.2) is 0 Å². The lowest BCUT2D eigenvalue weighted by Gasteiger charge is -2.26. The van der Waals surface area contributed by atoms with E-state index in [1.807, 2.05) is 0 Å². The molecule has 31 heavy (non-hydrogen) atoms. The van der Waals surface area contributed by atoms with Crippen LogP contribution < -0.4 is 24.7 Å². The van der Waals surface area contributed by atoms with E-state index in [1.54, 1.807) is 0 Å². The number of ether oxygens (including phenoxy) is 4. The van der Waals surface area contributed by atoms with Crippen molar-refractivity contribution in [3.63, 3.8) is 0 Å². The SMILES string of the molecule is CC(C)C(N)c1cc(OC(F)(F)F)c(OC(F)(F)F)c(OC(F)(F)F)c1OC(F)(F)F. The van der Waals surface area contributed by atoms with Crippen molar-refractivity contribution in [3.8, 4) is 23.0 Å². The second-order valence-electron chi connectivity index (χ2n) is 5.91. The van der Waals surface area contributed by atoms with Crippen LogP contribution in [0.15, 0.2) is 6.07 Å². The van der Waals surface area contributed by atoms with Crippen molar-refractivity contribution in [1.29, 1.82) is 0 Å². The van der Waals surface area contributed by atoms with Crippen LogP contribution in [0, 0.1) is 5.92 Å². The van der Waals surface area contributed by atoms with Gasteiger partial charge in [0, 0.05) is 11.6 Å². The van der Waals surface area contributed by atoms with Gasteiger partial charge in [0.15, 0.2) is 11.5 Å². The Morgan fingerprint density at radius 3 is 1.32 bits per heavy atom. The molecule has 0 aliphatic heterocycles. The lowest BCUT2D eigenvalue weighted by atomic mass is 9.95. The first-order chi connectivity index (χ1) is 13.6. The van der Waals surface area contributed by atoms with Gasteiger partial charge in [0.25, 0.3) is 0 Å². The number of benzene rings is 1. The molecule has 0 aliphatic rings. The largest absolute Gasteiger partial charge is 0.573 e. The van der Waals surface area contributed by atoms with Crippen LogP contribution in [0.25, 0.3) is 0 Å². The highest BCUT2D eigenvalue weighted by molar-refractivity contribution is 5.64. The Balaban J connectivity index is 4.06. The topological polar surface area (TPSA) is 62.9 Å². The summed E-state index contributed by atoms with van der Waals surface area (Å²) in [6, 6.07) is -1.90. The minimum atomic E-state index is -6.00. The van der Waals surface area contributed by atoms with Crippen LogP contribution in [0.2, 0.25) is 0 Å². The molecule has 0 saturated heterocycles. The van der Waals surface area contributed by atoms with Crippen LogP contribution in [0.4, 0.5) is 52.7 Å². The maximum Gasteiger partial charge on any atom is 0.573 e.